The van der Waals surface area contributed by atoms with Gasteiger partial charge < -0.3 is 9.66 Å². The van der Waals surface area contributed by atoms with E-state index < -0.39 is 15.4 Å². The summed E-state index contributed by atoms with van der Waals surface area (Å²) in [5.74, 6) is 0. The van der Waals surface area contributed by atoms with Gasteiger partial charge in [-0.2, -0.15) is 0 Å². The normalized spacial score (nSPS) is 13.8. The van der Waals surface area contributed by atoms with Crippen molar-refractivity contribution in [3.8, 4) is 0 Å². The summed E-state index contributed by atoms with van der Waals surface area (Å²) in [6.07, 6.45) is 19.6. The molecule has 4 nitrogen and oxygen atoms in total. The minimum atomic E-state index is -4.15. The van der Waals surface area contributed by atoms with Crippen molar-refractivity contribution in [3.05, 3.63) is 0 Å². The molecule has 0 heterocycles. The SMILES string of the molecule is CCCCCCCC(CCCCCCCCCCCC(O)CCC)S(=O)(=O)[O-].[Na+]. The summed E-state index contributed by atoms with van der Waals surface area (Å²) in [6.45, 7) is 4.27. The third kappa shape index (κ3) is 21.9. The van der Waals surface area contributed by atoms with Crippen LogP contribution in [-0.4, -0.2) is 29.4 Å². The summed E-state index contributed by atoms with van der Waals surface area (Å²) >= 11 is 0. The second-order valence-electron chi connectivity index (χ2n) is 8.52. The topological polar surface area (TPSA) is 77.4 Å². The Hall–Kier alpha value is 0.870. The molecule has 1 N–H and O–H groups in total. The van der Waals surface area contributed by atoms with Crippen LogP contribution in [0.5, 0.6) is 0 Å². The fourth-order valence-electron chi connectivity index (χ4n) is 3.88. The van der Waals surface area contributed by atoms with Gasteiger partial charge in [0.05, 0.1) is 16.2 Å². The van der Waals surface area contributed by atoms with Crippen molar-refractivity contribution < 1.29 is 47.6 Å². The molecule has 0 aromatic carbocycles. The molecule has 2 atom stereocenters. The van der Waals surface area contributed by atoms with Crippen molar-refractivity contribution in [3.63, 3.8) is 0 Å². The van der Waals surface area contributed by atoms with Crippen LogP contribution in [0.15, 0.2) is 0 Å². The quantitative estimate of drug-likeness (QED) is 0.167. The van der Waals surface area contributed by atoms with Crippen LogP contribution in [0.3, 0.4) is 0 Å². The Labute approximate surface area is 204 Å². The summed E-state index contributed by atoms with van der Waals surface area (Å²) in [7, 11) is -4.15. The second kappa shape index (κ2) is 22.1. The van der Waals surface area contributed by atoms with Crippen LogP contribution in [0.1, 0.15) is 136 Å². The summed E-state index contributed by atoms with van der Waals surface area (Å²) in [5, 5.41) is 9.02. The molecule has 0 amide bonds. The largest absolute Gasteiger partial charge is 1.00 e. The molecule has 0 radical (unpaired) electrons. The van der Waals surface area contributed by atoms with E-state index >= 15 is 0 Å². The summed E-state index contributed by atoms with van der Waals surface area (Å²) < 4.78 is 34.3. The van der Waals surface area contributed by atoms with Crippen LogP contribution in [0, 0.1) is 0 Å². The van der Waals surface area contributed by atoms with Gasteiger partial charge in [-0.1, -0.05) is 110 Å². The van der Waals surface area contributed by atoms with E-state index in [0.29, 0.717) is 12.8 Å². The van der Waals surface area contributed by atoms with Gasteiger partial charge in [-0.25, -0.2) is 8.42 Å². The average Bonchev–Trinajstić information content (AvgIpc) is 2.63. The monoisotopic (exact) mass is 442 g/mol. The van der Waals surface area contributed by atoms with E-state index in [0.717, 1.165) is 64.2 Å². The molecular weight excluding hydrogens is 395 g/mol. The Kier molecular flexibility index (Phi) is 24.4. The third-order valence-electron chi connectivity index (χ3n) is 5.72. The fraction of sp³-hybridized carbons (Fsp3) is 1.00. The van der Waals surface area contributed by atoms with Crippen LogP contribution < -0.4 is 29.6 Å². The van der Waals surface area contributed by atoms with E-state index in [9.17, 15) is 18.1 Å². The first-order chi connectivity index (χ1) is 13.4. The summed E-state index contributed by atoms with van der Waals surface area (Å²) in [4.78, 5) is 0. The number of hydrogen-bond donors (Lipinski definition) is 1. The molecule has 0 fully saturated rings. The Bertz CT molecular complexity index is 429. The predicted molar refractivity (Wildman–Crippen MR) is 119 cm³/mol. The van der Waals surface area contributed by atoms with E-state index in [1.54, 1.807) is 0 Å². The molecule has 0 aromatic rings. The first-order valence-corrected chi connectivity index (χ1v) is 13.5. The number of unbranched alkanes of at least 4 members (excludes halogenated alkanes) is 12. The fourth-order valence-corrected chi connectivity index (χ4v) is 4.79. The van der Waals surface area contributed by atoms with Crippen molar-refractivity contribution >= 4 is 10.1 Å². The number of aliphatic hydroxyl groups is 1. The van der Waals surface area contributed by atoms with Crippen LogP contribution in [-0.2, 0) is 10.1 Å². The van der Waals surface area contributed by atoms with E-state index in [-0.39, 0.29) is 35.7 Å². The van der Waals surface area contributed by atoms with E-state index in [4.69, 9.17) is 0 Å². The Morgan fingerprint density at radius 3 is 1.38 bits per heavy atom. The van der Waals surface area contributed by atoms with Crippen molar-refractivity contribution in [2.45, 2.75) is 147 Å². The molecule has 0 saturated carbocycles. The van der Waals surface area contributed by atoms with E-state index in [2.05, 4.69) is 13.8 Å². The maximum absolute atomic E-state index is 11.4. The molecule has 0 saturated heterocycles. The van der Waals surface area contributed by atoms with Gasteiger partial charge >= 0.3 is 29.6 Å². The van der Waals surface area contributed by atoms with Crippen LogP contribution in [0.25, 0.3) is 0 Å². The van der Waals surface area contributed by atoms with Crippen molar-refractivity contribution in [1.82, 2.24) is 0 Å². The Balaban J connectivity index is 0. The molecule has 0 rings (SSSR count). The predicted octanol–water partition coefficient (Wildman–Crippen LogP) is 3.72. The summed E-state index contributed by atoms with van der Waals surface area (Å²) in [6, 6.07) is 0. The molecule has 0 spiro atoms. The van der Waals surface area contributed by atoms with Gasteiger partial charge in [-0.3, -0.25) is 0 Å². The van der Waals surface area contributed by atoms with Gasteiger partial charge in [0.2, 0.25) is 0 Å². The first-order valence-electron chi connectivity index (χ1n) is 12.0. The Morgan fingerprint density at radius 1 is 0.621 bits per heavy atom. The first kappa shape index (κ1) is 32.1. The van der Waals surface area contributed by atoms with Gasteiger partial charge in [0.25, 0.3) is 0 Å². The summed E-state index contributed by atoms with van der Waals surface area (Å²) in [5.41, 5.74) is 0. The maximum Gasteiger partial charge on any atom is 1.00 e. The molecule has 29 heavy (non-hydrogen) atoms. The number of aliphatic hydroxyl groups excluding tert-OH is 1. The Morgan fingerprint density at radius 2 is 1.00 bits per heavy atom. The van der Waals surface area contributed by atoms with Gasteiger partial charge in [0.1, 0.15) is 0 Å². The maximum atomic E-state index is 11.4. The zero-order valence-corrected chi connectivity index (χ0v) is 22.5. The minimum absolute atomic E-state index is 0. The molecular formula is C23H47NaO4S. The number of rotatable bonds is 21. The average molecular weight is 443 g/mol. The zero-order chi connectivity index (χ0) is 21.1. The smallest absolute Gasteiger partial charge is 0.748 e. The third-order valence-corrected chi connectivity index (χ3v) is 7.01. The van der Waals surface area contributed by atoms with Gasteiger partial charge in [-0.05, 0) is 25.7 Å². The number of hydrogen-bond acceptors (Lipinski definition) is 4. The molecule has 0 aliphatic carbocycles. The van der Waals surface area contributed by atoms with E-state index in [1.807, 2.05) is 0 Å². The van der Waals surface area contributed by atoms with Crippen LogP contribution >= 0.6 is 0 Å². The molecule has 0 aromatic heterocycles. The van der Waals surface area contributed by atoms with Crippen molar-refractivity contribution in [1.29, 1.82) is 0 Å². The standard InChI is InChI=1S/C23H48O4S.Na/c1-3-5-6-12-16-20-23(28(25,26)27)21-17-14-11-9-7-8-10-13-15-19-22(24)18-4-2;/h22-24H,3-21H2,1-2H3,(H,25,26,27);/q;+1/p-1. The van der Waals surface area contributed by atoms with Gasteiger partial charge in [0.15, 0.2) is 0 Å². The zero-order valence-electron chi connectivity index (χ0n) is 19.7. The molecule has 0 aliphatic heterocycles. The van der Waals surface area contributed by atoms with Gasteiger partial charge in [0, 0.05) is 5.25 Å². The molecule has 0 aliphatic rings. The van der Waals surface area contributed by atoms with Crippen LogP contribution in [0.4, 0.5) is 0 Å². The van der Waals surface area contributed by atoms with Crippen molar-refractivity contribution in [2.24, 2.45) is 0 Å². The molecule has 170 valence electrons. The minimum Gasteiger partial charge on any atom is -0.748 e. The van der Waals surface area contributed by atoms with Crippen LogP contribution in [0.2, 0.25) is 0 Å². The van der Waals surface area contributed by atoms with E-state index in [1.165, 1.54) is 44.9 Å². The van der Waals surface area contributed by atoms with Crippen molar-refractivity contribution in [2.75, 3.05) is 0 Å². The molecule has 6 heteroatoms. The second-order valence-corrected chi connectivity index (χ2v) is 10.2. The molecule has 0 bridgehead atoms. The van der Waals surface area contributed by atoms with Gasteiger partial charge in [-0.15, -0.1) is 0 Å². The molecule has 2 unspecified atom stereocenters.